The summed E-state index contributed by atoms with van der Waals surface area (Å²) in [5, 5.41) is 0.271. The summed E-state index contributed by atoms with van der Waals surface area (Å²) in [5.74, 6) is 0.983. The quantitative estimate of drug-likeness (QED) is 0.926. The van der Waals surface area contributed by atoms with Crippen molar-refractivity contribution in [1.29, 1.82) is 0 Å². The molecule has 1 unspecified atom stereocenters. The summed E-state index contributed by atoms with van der Waals surface area (Å²) in [7, 11) is 0. The predicted molar refractivity (Wildman–Crippen MR) is 77.0 cm³/mol. The number of hydrogen-bond donors (Lipinski definition) is 1. The maximum absolute atomic E-state index is 12.4. The van der Waals surface area contributed by atoms with Crippen LogP contribution in [0, 0.1) is 0 Å². The van der Waals surface area contributed by atoms with Gasteiger partial charge in [0.2, 0.25) is 0 Å². The summed E-state index contributed by atoms with van der Waals surface area (Å²) in [5.41, 5.74) is 0.317. The van der Waals surface area contributed by atoms with Gasteiger partial charge in [0, 0.05) is 18.5 Å². The van der Waals surface area contributed by atoms with Gasteiger partial charge in [0.1, 0.15) is 0 Å². The van der Waals surface area contributed by atoms with Crippen LogP contribution in [0.4, 0.5) is 0 Å². The van der Waals surface area contributed by atoms with E-state index in [0.717, 1.165) is 25.1 Å². The highest BCUT2D eigenvalue weighted by atomic mass is 79.9. The summed E-state index contributed by atoms with van der Waals surface area (Å²) >= 11 is 4.98. The molecule has 1 aromatic heterocycles. The number of carbonyl (C=O) groups is 1. The van der Waals surface area contributed by atoms with E-state index in [0.29, 0.717) is 10.0 Å². The predicted octanol–water partition coefficient (Wildman–Crippen LogP) is 2.45. The van der Waals surface area contributed by atoms with Crippen molar-refractivity contribution in [2.45, 2.75) is 25.1 Å². The van der Waals surface area contributed by atoms with Crippen molar-refractivity contribution < 1.29 is 4.79 Å². The molecular formula is C12H15BrN2O2S. The molecule has 98 valence electrons. The van der Waals surface area contributed by atoms with Crippen LogP contribution in [-0.2, 0) is 0 Å². The molecule has 2 heterocycles. The van der Waals surface area contributed by atoms with Crippen LogP contribution in [-0.4, -0.2) is 33.5 Å². The van der Waals surface area contributed by atoms with Crippen LogP contribution in [0.15, 0.2) is 21.5 Å². The number of nitrogens with one attached hydrogen (secondary N) is 1. The SMILES string of the molecule is CCCC1SCCN1C(=O)c1c[nH]c(=O)c(Br)c1. The first kappa shape index (κ1) is 13.7. The Bertz CT molecular complexity index is 503. The fourth-order valence-electron chi connectivity index (χ4n) is 1.98. The summed E-state index contributed by atoms with van der Waals surface area (Å²) in [6.45, 7) is 2.91. The molecule has 4 nitrogen and oxygen atoms in total. The van der Waals surface area contributed by atoms with E-state index >= 15 is 0 Å². The second-order valence-corrected chi connectivity index (χ2v) is 6.32. The van der Waals surface area contributed by atoms with Gasteiger partial charge in [-0.25, -0.2) is 0 Å². The highest BCUT2D eigenvalue weighted by Gasteiger charge is 2.29. The molecule has 0 aromatic carbocycles. The molecule has 1 N–H and O–H groups in total. The first-order valence-electron chi connectivity index (χ1n) is 5.94. The van der Waals surface area contributed by atoms with Crippen LogP contribution < -0.4 is 5.56 Å². The number of pyridine rings is 1. The molecule has 0 spiro atoms. The number of halogens is 1. The van der Waals surface area contributed by atoms with Crippen LogP contribution in [0.2, 0.25) is 0 Å². The second-order valence-electron chi connectivity index (χ2n) is 4.18. The van der Waals surface area contributed by atoms with Crippen molar-refractivity contribution >= 4 is 33.6 Å². The molecule has 1 aromatic rings. The van der Waals surface area contributed by atoms with Crippen molar-refractivity contribution in [2.24, 2.45) is 0 Å². The Kier molecular flexibility index (Phi) is 4.50. The lowest BCUT2D eigenvalue weighted by Crippen LogP contribution is -2.35. The monoisotopic (exact) mass is 330 g/mol. The van der Waals surface area contributed by atoms with E-state index < -0.39 is 0 Å². The van der Waals surface area contributed by atoms with E-state index in [4.69, 9.17) is 0 Å². The van der Waals surface area contributed by atoms with Crippen molar-refractivity contribution in [3.8, 4) is 0 Å². The molecule has 0 bridgehead atoms. The number of aromatic nitrogens is 1. The second kappa shape index (κ2) is 5.93. The van der Waals surface area contributed by atoms with Crippen molar-refractivity contribution in [3.05, 3.63) is 32.7 Å². The zero-order valence-corrected chi connectivity index (χ0v) is 12.5. The van der Waals surface area contributed by atoms with Gasteiger partial charge in [-0.1, -0.05) is 13.3 Å². The summed E-state index contributed by atoms with van der Waals surface area (Å²) in [6, 6.07) is 1.59. The Balaban J connectivity index is 2.19. The van der Waals surface area contributed by atoms with Crippen LogP contribution in [0.3, 0.4) is 0 Å². The highest BCUT2D eigenvalue weighted by molar-refractivity contribution is 9.10. The van der Waals surface area contributed by atoms with E-state index in [1.165, 1.54) is 6.20 Å². The van der Waals surface area contributed by atoms with Crippen LogP contribution >= 0.6 is 27.7 Å². The minimum absolute atomic E-state index is 0.00426. The van der Waals surface area contributed by atoms with Crippen LogP contribution in [0.1, 0.15) is 30.1 Å². The summed E-state index contributed by atoms with van der Waals surface area (Å²) < 4.78 is 0.396. The third-order valence-electron chi connectivity index (χ3n) is 2.89. The number of hydrogen-bond acceptors (Lipinski definition) is 3. The van der Waals surface area contributed by atoms with Gasteiger partial charge in [0.15, 0.2) is 0 Å². The highest BCUT2D eigenvalue weighted by Crippen LogP contribution is 2.28. The normalized spacial score (nSPS) is 19.2. The molecule has 1 aliphatic rings. The zero-order chi connectivity index (χ0) is 13.1. The Labute approximate surface area is 118 Å². The molecule has 1 aliphatic heterocycles. The van der Waals surface area contributed by atoms with Gasteiger partial charge in [-0.3, -0.25) is 9.59 Å². The maximum atomic E-state index is 12.4. The maximum Gasteiger partial charge on any atom is 0.262 e. The van der Waals surface area contributed by atoms with Gasteiger partial charge in [-0.15, -0.1) is 11.8 Å². The lowest BCUT2D eigenvalue weighted by Gasteiger charge is -2.23. The first-order chi connectivity index (χ1) is 8.63. The van der Waals surface area contributed by atoms with E-state index in [1.807, 2.05) is 16.7 Å². The van der Waals surface area contributed by atoms with Gasteiger partial charge in [-0.2, -0.15) is 0 Å². The third kappa shape index (κ3) is 2.80. The molecule has 0 aliphatic carbocycles. The molecule has 2 rings (SSSR count). The fraction of sp³-hybridized carbons (Fsp3) is 0.500. The standard InChI is InChI=1S/C12H15BrN2O2S/c1-2-3-10-15(4-5-18-10)12(17)8-6-9(13)11(16)14-7-8/h6-7,10H,2-5H2,1H3,(H,14,16). The van der Waals surface area contributed by atoms with E-state index in [-0.39, 0.29) is 16.8 Å². The van der Waals surface area contributed by atoms with Gasteiger partial charge in [-0.05, 0) is 28.4 Å². The lowest BCUT2D eigenvalue weighted by atomic mass is 10.2. The van der Waals surface area contributed by atoms with E-state index in [1.54, 1.807) is 6.07 Å². The molecule has 6 heteroatoms. The lowest BCUT2D eigenvalue weighted by molar-refractivity contribution is 0.0756. The molecule has 1 atom stereocenters. The minimum atomic E-state index is -0.215. The Morgan fingerprint density at radius 1 is 1.67 bits per heavy atom. The smallest absolute Gasteiger partial charge is 0.262 e. The average Bonchev–Trinajstić information content (AvgIpc) is 2.80. The number of H-pyrrole nitrogens is 1. The Morgan fingerprint density at radius 3 is 3.11 bits per heavy atom. The minimum Gasteiger partial charge on any atom is -0.327 e. The Hall–Kier alpha value is -0.750. The fourth-order valence-corrected chi connectivity index (χ4v) is 3.70. The zero-order valence-electron chi connectivity index (χ0n) is 10.1. The van der Waals surface area contributed by atoms with E-state index in [9.17, 15) is 9.59 Å². The molecular weight excluding hydrogens is 316 g/mol. The molecule has 18 heavy (non-hydrogen) atoms. The topological polar surface area (TPSA) is 53.2 Å². The van der Waals surface area contributed by atoms with Crippen molar-refractivity contribution in [3.63, 3.8) is 0 Å². The molecule has 0 radical (unpaired) electrons. The van der Waals surface area contributed by atoms with Gasteiger partial charge < -0.3 is 9.88 Å². The van der Waals surface area contributed by atoms with E-state index in [2.05, 4.69) is 27.8 Å². The van der Waals surface area contributed by atoms with Gasteiger partial charge in [0.05, 0.1) is 15.4 Å². The van der Waals surface area contributed by atoms with Crippen LogP contribution in [0.5, 0.6) is 0 Å². The number of nitrogens with zero attached hydrogens (tertiary/aromatic N) is 1. The Morgan fingerprint density at radius 2 is 2.44 bits per heavy atom. The van der Waals surface area contributed by atoms with Gasteiger partial charge >= 0.3 is 0 Å². The summed E-state index contributed by atoms with van der Waals surface area (Å²) in [4.78, 5) is 28.1. The van der Waals surface area contributed by atoms with Crippen molar-refractivity contribution in [2.75, 3.05) is 12.3 Å². The largest absolute Gasteiger partial charge is 0.327 e. The number of carbonyl (C=O) groups excluding carboxylic acids is 1. The number of rotatable bonds is 3. The van der Waals surface area contributed by atoms with Gasteiger partial charge in [0.25, 0.3) is 11.5 Å². The number of thioether (sulfide) groups is 1. The van der Waals surface area contributed by atoms with Crippen molar-refractivity contribution in [1.82, 2.24) is 9.88 Å². The number of amides is 1. The van der Waals surface area contributed by atoms with Crippen LogP contribution in [0.25, 0.3) is 0 Å². The molecule has 1 fully saturated rings. The average molecular weight is 331 g/mol. The molecule has 1 amide bonds. The molecule has 0 saturated carbocycles. The molecule has 1 saturated heterocycles. The number of aromatic amines is 1. The summed E-state index contributed by atoms with van der Waals surface area (Å²) in [6.07, 6.45) is 3.57. The third-order valence-corrected chi connectivity index (χ3v) is 4.77. The first-order valence-corrected chi connectivity index (χ1v) is 7.78.